The van der Waals surface area contributed by atoms with Crippen LogP contribution in [0.15, 0.2) is 5.51 Å². The van der Waals surface area contributed by atoms with Crippen molar-refractivity contribution in [1.29, 1.82) is 0 Å². The lowest BCUT2D eigenvalue weighted by Gasteiger charge is -2.10. The number of aromatic nitrogens is 3. The molecule has 0 aliphatic heterocycles. The fourth-order valence-electron chi connectivity index (χ4n) is 3.02. The average Bonchev–Trinajstić information content (AvgIpc) is 3.15. The third-order valence-electron chi connectivity index (χ3n) is 4.30. The third kappa shape index (κ3) is 2.60. The smallest absolute Gasteiger partial charge is 0.268 e. The van der Waals surface area contributed by atoms with E-state index in [1.807, 2.05) is 20.9 Å². The fraction of sp³-hybridized carbons (Fsp3) is 0.533. The Labute approximate surface area is 128 Å². The molecule has 1 aliphatic carbocycles. The van der Waals surface area contributed by atoms with E-state index in [4.69, 9.17) is 0 Å². The van der Waals surface area contributed by atoms with E-state index >= 15 is 0 Å². The molecule has 0 bridgehead atoms. The van der Waals surface area contributed by atoms with E-state index in [2.05, 4.69) is 15.4 Å². The molecular formula is C15H20N4OS. The van der Waals surface area contributed by atoms with Gasteiger partial charge in [0.15, 0.2) is 0 Å². The zero-order valence-electron chi connectivity index (χ0n) is 12.6. The standard InChI is InChI=1S/C15H20N4OS/c1-9-10(2)18-19(3)14(9)17-15(20)13-12(16-8-21-13)11-6-4-5-7-11/h8,11H,4-7H2,1-3H3,(H,17,20). The van der Waals surface area contributed by atoms with Crippen LogP contribution in [0.4, 0.5) is 5.82 Å². The molecule has 0 spiro atoms. The van der Waals surface area contributed by atoms with Crippen molar-refractivity contribution in [1.82, 2.24) is 14.8 Å². The number of carbonyl (C=O) groups excluding carboxylic acids is 1. The Kier molecular flexibility index (Phi) is 3.80. The number of anilines is 1. The van der Waals surface area contributed by atoms with Crippen molar-refractivity contribution < 1.29 is 4.79 Å². The van der Waals surface area contributed by atoms with E-state index < -0.39 is 0 Å². The molecule has 1 saturated carbocycles. The Morgan fingerprint density at radius 2 is 2.10 bits per heavy atom. The van der Waals surface area contributed by atoms with E-state index in [1.54, 1.807) is 10.2 Å². The second kappa shape index (κ2) is 5.60. The zero-order valence-corrected chi connectivity index (χ0v) is 13.5. The van der Waals surface area contributed by atoms with Gasteiger partial charge in [0.2, 0.25) is 0 Å². The number of hydrogen-bond acceptors (Lipinski definition) is 4. The molecule has 2 aromatic rings. The molecule has 0 radical (unpaired) electrons. The molecular weight excluding hydrogens is 284 g/mol. The summed E-state index contributed by atoms with van der Waals surface area (Å²) in [4.78, 5) is 17.8. The number of rotatable bonds is 3. The molecule has 1 amide bonds. The van der Waals surface area contributed by atoms with Gasteiger partial charge in [-0.3, -0.25) is 9.48 Å². The Morgan fingerprint density at radius 3 is 2.71 bits per heavy atom. The van der Waals surface area contributed by atoms with Gasteiger partial charge in [-0.1, -0.05) is 12.8 Å². The number of thiazole rings is 1. The molecule has 5 nitrogen and oxygen atoms in total. The van der Waals surface area contributed by atoms with E-state index in [0.29, 0.717) is 5.92 Å². The van der Waals surface area contributed by atoms with Crippen LogP contribution in [0.1, 0.15) is 58.2 Å². The normalized spacial score (nSPS) is 15.6. The monoisotopic (exact) mass is 304 g/mol. The summed E-state index contributed by atoms with van der Waals surface area (Å²) in [7, 11) is 1.85. The summed E-state index contributed by atoms with van der Waals surface area (Å²) < 4.78 is 1.72. The summed E-state index contributed by atoms with van der Waals surface area (Å²) in [6, 6.07) is 0. The minimum absolute atomic E-state index is 0.0644. The summed E-state index contributed by atoms with van der Waals surface area (Å²) >= 11 is 1.43. The van der Waals surface area contributed by atoms with Crippen molar-refractivity contribution in [3.8, 4) is 0 Å². The van der Waals surface area contributed by atoms with E-state index in [1.165, 1.54) is 24.2 Å². The van der Waals surface area contributed by atoms with E-state index in [0.717, 1.165) is 40.5 Å². The summed E-state index contributed by atoms with van der Waals surface area (Å²) in [6.07, 6.45) is 4.77. The maximum atomic E-state index is 12.6. The Morgan fingerprint density at radius 1 is 1.38 bits per heavy atom. The first-order valence-electron chi connectivity index (χ1n) is 7.33. The van der Waals surface area contributed by atoms with Crippen LogP contribution in [0, 0.1) is 13.8 Å². The van der Waals surface area contributed by atoms with Gasteiger partial charge in [-0.25, -0.2) is 4.98 Å². The highest BCUT2D eigenvalue weighted by Crippen LogP contribution is 2.36. The Bertz CT molecular complexity index is 667. The fourth-order valence-corrected chi connectivity index (χ4v) is 3.79. The first-order chi connectivity index (χ1) is 10.1. The minimum atomic E-state index is -0.0644. The molecule has 0 saturated heterocycles. The lowest BCUT2D eigenvalue weighted by molar-refractivity contribution is 0.102. The van der Waals surface area contributed by atoms with Crippen LogP contribution in [-0.4, -0.2) is 20.7 Å². The van der Waals surface area contributed by atoms with Gasteiger partial charge < -0.3 is 5.32 Å². The molecule has 3 rings (SSSR count). The van der Waals surface area contributed by atoms with Crippen LogP contribution >= 0.6 is 11.3 Å². The van der Waals surface area contributed by atoms with Crippen LogP contribution in [0.3, 0.4) is 0 Å². The van der Waals surface area contributed by atoms with Crippen molar-refractivity contribution in [2.75, 3.05) is 5.32 Å². The number of nitrogens with zero attached hydrogens (tertiary/aromatic N) is 3. The predicted molar refractivity (Wildman–Crippen MR) is 84.0 cm³/mol. The topological polar surface area (TPSA) is 59.8 Å². The van der Waals surface area contributed by atoms with Gasteiger partial charge in [0.1, 0.15) is 10.7 Å². The van der Waals surface area contributed by atoms with Gasteiger partial charge >= 0.3 is 0 Å². The second-order valence-electron chi connectivity index (χ2n) is 5.68. The predicted octanol–water partition coefficient (Wildman–Crippen LogP) is 3.40. The number of amides is 1. The number of aryl methyl sites for hydroxylation is 2. The highest BCUT2D eigenvalue weighted by Gasteiger charge is 2.26. The SMILES string of the molecule is Cc1nn(C)c(NC(=O)c2scnc2C2CCCC2)c1C. The molecule has 1 aliphatic rings. The van der Waals surface area contributed by atoms with Crippen molar-refractivity contribution in [2.45, 2.75) is 45.4 Å². The summed E-state index contributed by atoms with van der Waals surface area (Å²) in [5, 5.41) is 7.33. The Balaban J connectivity index is 1.84. The highest BCUT2D eigenvalue weighted by atomic mass is 32.1. The first kappa shape index (κ1) is 14.3. The van der Waals surface area contributed by atoms with Crippen LogP contribution in [0.25, 0.3) is 0 Å². The van der Waals surface area contributed by atoms with Crippen molar-refractivity contribution >= 4 is 23.1 Å². The van der Waals surface area contributed by atoms with E-state index in [-0.39, 0.29) is 5.91 Å². The molecule has 112 valence electrons. The summed E-state index contributed by atoms with van der Waals surface area (Å²) in [6.45, 7) is 3.92. The number of carbonyl (C=O) groups is 1. The molecule has 0 aromatic carbocycles. The lowest BCUT2D eigenvalue weighted by atomic mass is 10.0. The number of hydrogen-bond donors (Lipinski definition) is 1. The average molecular weight is 304 g/mol. The molecule has 2 heterocycles. The van der Waals surface area contributed by atoms with E-state index in [9.17, 15) is 4.79 Å². The first-order valence-corrected chi connectivity index (χ1v) is 8.21. The van der Waals surface area contributed by atoms with Crippen molar-refractivity contribution in [2.24, 2.45) is 7.05 Å². The quantitative estimate of drug-likeness (QED) is 0.945. The molecule has 2 aromatic heterocycles. The van der Waals surface area contributed by atoms with Crippen LogP contribution in [-0.2, 0) is 7.05 Å². The van der Waals surface area contributed by atoms with Crippen molar-refractivity contribution in [3.05, 3.63) is 27.3 Å². The molecule has 21 heavy (non-hydrogen) atoms. The third-order valence-corrected chi connectivity index (χ3v) is 5.14. The molecule has 6 heteroatoms. The molecule has 1 fully saturated rings. The lowest BCUT2D eigenvalue weighted by Crippen LogP contribution is -2.16. The highest BCUT2D eigenvalue weighted by molar-refractivity contribution is 7.12. The van der Waals surface area contributed by atoms with Gasteiger partial charge in [0, 0.05) is 18.5 Å². The van der Waals surface area contributed by atoms with Gasteiger partial charge in [0.25, 0.3) is 5.91 Å². The molecule has 0 unspecified atom stereocenters. The Hall–Kier alpha value is -1.69. The maximum absolute atomic E-state index is 12.6. The van der Waals surface area contributed by atoms with Crippen LogP contribution in [0.5, 0.6) is 0 Å². The summed E-state index contributed by atoms with van der Waals surface area (Å²) in [5.74, 6) is 1.15. The maximum Gasteiger partial charge on any atom is 0.268 e. The van der Waals surface area contributed by atoms with Crippen LogP contribution < -0.4 is 5.32 Å². The zero-order chi connectivity index (χ0) is 15.0. The van der Waals surface area contributed by atoms with Gasteiger partial charge in [-0.2, -0.15) is 5.10 Å². The van der Waals surface area contributed by atoms with Crippen molar-refractivity contribution in [3.63, 3.8) is 0 Å². The molecule has 1 N–H and O–H groups in total. The molecule has 0 atom stereocenters. The largest absolute Gasteiger partial charge is 0.306 e. The van der Waals surface area contributed by atoms with Crippen LogP contribution in [0.2, 0.25) is 0 Å². The number of nitrogens with one attached hydrogen (secondary N) is 1. The second-order valence-corrected chi connectivity index (χ2v) is 6.54. The van der Waals surface area contributed by atoms with Gasteiger partial charge in [-0.15, -0.1) is 11.3 Å². The minimum Gasteiger partial charge on any atom is -0.306 e. The van der Waals surface area contributed by atoms with Gasteiger partial charge in [-0.05, 0) is 26.7 Å². The summed E-state index contributed by atoms with van der Waals surface area (Å²) in [5.41, 5.74) is 4.71. The van der Waals surface area contributed by atoms with Gasteiger partial charge in [0.05, 0.1) is 16.9 Å².